The minimum Gasteiger partial charge on any atom is -0.378 e. The van der Waals surface area contributed by atoms with Crippen molar-refractivity contribution >= 4 is 17.1 Å². The minimum atomic E-state index is 0.108. The first-order chi connectivity index (χ1) is 12.5. The molecular weight excluding hydrogens is 324 g/mol. The number of Topliss-reactive ketones (excluding diaryl/α,β-unsaturated/α-hetero) is 1. The molecule has 3 aromatic rings. The van der Waals surface area contributed by atoms with Crippen molar-refractivity contribution in [2.45, 2.75) is 20.8 Å². The molecule has 1 aromatic carbocycles. The van der Waals surface area contributed by atoms with Gasteiger partial charge in [-0.1, -0.05) is 29.8 Å². The number of ether oxygens (including phenoxy) is 1. The van der Waals surface area contributed by atoms with Gasteiger partial charge in [-0.05, 0) is 44.0 Å². The maximum atomic E-state index is 12.4. The van der Waals surface area contributed by atoms with Crippen molar-refractivity contribution in [2.75, 3.05) is 31.2 Å². The van der Waals surface area contributed by atoms with Crippen LogP contribution < -0.4 is 4.90 Å². The van der Waals surface area contributed by atoms with E-state index in [2.05, 4.69) is 58.8 Å². The second kappa shape index (κ2) is 6.61. The van der Waals surface area contributed by atoms with Crippen molar-refractivity contribution < 1.29 is 9.53 Å². The Morgan fingerprint density at radius 1 is 1.00 bits per heavy atom. The molecule has 0 spiro atoms. The number of carbonyl (C=O) groups excluding carboxylic acids is 1. The monoisotopic (exact) mass is 348 g/mol. The number of benzene rings is 1. The minimum absolute atomic E-state index is 0.108. The molecule has 4 rings (SSSR count). The quantitative estimate of drug-likeness (QED) is 0.663. The average molecular weight is 348 g/mol. The van der Waals surface area contributed by atoms with E-state index in [-0.39, 0.29) is 5.78 Å². The molecular formula is C22H24N2O2. The summed E-state index contributed by atoms with van der Waals surface area (Å²) in [4.78, 5) is 14.7. The van der Waals surface area contributed by atoms with Gasteiger partial charge in [-0.25, -0.2) is 0 Å². The SMILES string of the molecule is CC(=O)c1c(C)cc2cc(-c3ccc(C)cc3)cn2c1N1CCOCC1. The summed E-state index contributed by atoms with van der Waals surface area (Å²) in [5.74, 6) is 1.10. The molecule has 0 saturated carbocycles. The summed E-state index contributed by atoms with van der Waals surface area (Å²) < 4.78 is 7.68. The first kappa shape index (κ1) is 16.9. The molecule has 1 aliphatic rings. The Morgan fingerprint density at radius 2 is 1.69 bits per heavy atom. The third-order valence-corrected chi connectivity index (χ3v) is 5.11. The summed E-state index contributed by atoms with van der Waals surface area (Å²) in [5, 5.41) is 0. The molecule has 0 bridgehead atoms. The van der Waals surface area contributed by atoms with Crippen molar-refractivity contribution in [1.82, 2.24) is 4.40 Å². The Kier molecular flexibility index (Phi) is 4.29. The molecule has 0 atom stereocenters. The van der Waals surface area contributed by atoms with Crippen LogP contribution >= 0.6 is 0 Å². The molecule has 2 aromatic heterocycles. The molecule has 0 unspecified atom stereocenters. The lowest BCUT2D eigenvalue weighted by Crippen LogP contribution is -2.38. The number of ketones is 1. The summed E-state index contributed by atoms with van der Waals surface area (Å²) in [6.07, 6.45) is 2.15. The fourth-order valence-electron chi connectivity index (χ4n) is 3.79. The van der Waals surface area contributed by atoms with Gasteiger partial charge >= 0.3 is 0 Å². The highest BCUT2D eigenvalue weighted by atomic mass is 16.5. The van der Waals surface area contributed by atoms with Gasteiger partial charge in [0.2, 0.25) is 0 Å². The topological polar surface area (TPSA) is 34.0 Å². The summed E-state index contributed by atoms with van der Waals surface area (Å²) in [5.41, 5.74) is 6.56. The fraction of sp³-hybridized carbons (Fsp3) is 0.318. The van der Waals surface area contributed by atoms with E-state index in [1.54, 1.807) is 6.92 Å². The molecule has 0 amide bonds. The standard InChI is InChI=1S/C22H24N2O2/c1-15-4-6-18(7-5-15)19-13-20-12-16(2)21(17(3)25)22(24(20)14-19)23-8-10-26-11-9-23/h4-7,12-14H,8-11H2,1-3H3. The summed E-state index contributed by atoms with van der Waals surface area (Å²) >= 11 is 0. The summed E-state index contributed by atoms with van der Waals surface area (Å²) in [6.45, 7) is 8.77. The number of fused-ring (bicyclic) bond motifs is 1. The lowest BCUT2D eigenvalue weighted by Gasteiger charge is -2.31. The van der Waals surface area contributed by atoms with E-state index in [0.29, 0.717) is 13.2 Å². The number of pyridine rings is 1. The van der Waals surface area contributed by atoms with E-state index >= 15 is 0 Å². The van der Waals surface area contributed by atoms with E-state index in [4.69, 9.17) is 4.74 Å². The smallest absolute Gasteiger partial charge is 0.163 e. The van der Waals surface area contributed by atoms with E-state index in [1.165, 1.54) is 16.7 Å². The van der Waals surface area contributed by atoms with Crippen LogP contribution in [0, 0.1) is 13.8 Å². The van der Waals surface area contributed by atoms with Gasteiger partial charge < -0.3 is 14.0 Å². The van der Waals surface area contributed by atoms with Gasteiger partial charge in [0.05, 0.1) is 18.8 Å². The van der Waals surface area contributed by atoms with Crippen LogP contribution in [0.4, 0.5) is 5.82 Å². The Bertz CT molecular complexity index is 964. The van der Waals surface area contributed by atoms with E-state index in [0.717, 1.165) is 35.6 Å². The molecule has 134 valence electrons. The molecule has 1 fully saturated rings. The maximum Gasteiger partial charge on any atom is 0.163 e. The Balaban J connectivity index is 1.93. The van der Waals surface area contributed by atoms with Crippen LogP contribution in [0.3, 0.4) is 0 Å². The third-order valence-electron chi connectivity index (χ3n) is 5.11. The van der Waals surface area contributed by atoms with Crippen LogP contribution in [0.1, 0.15) is 28.4 Å². The zero-order valence-corrected chi connectivity index (χ0v) is 15.6. The van der Waals surface area contributed by atoms with Gasteiger partial charge in [-0.2, -0.15) is 0 Å². The largest absolute Gasteiger partial charge is 0.378 e. The molecule has 0 aliphatic carbocycles. The highest BCUT2D eigenvalue weighted by Gasteiger charge is 2.22. The second-order valence-electron chi connectivity index (χ2n) is 7.07. The molecule has 0 N–H and O–H groups in total. The zero-order valence-electron chi connectivity index (χ0n) is 15.6. The molecule has 1 aliphatic heterocycles. The van der Waals surface area contributed by atoms with Crippen molar-refractivity contribution in [3.8, 4) is 11.1 Å². The number of rotatable bonds is 3. The van der Waals surface area contributed by atoms with Crippen molar-refractivity contribution in [3.05, 3.63) is 59.3 Å². The molecule has 0 radical (unpaired) electrons. The molecule has 4 nitrogen and oxygen atoms in total. The number of anilines is 1. The normalized spacial score (nSPS) is 14.8. The second-order valence-corrected chi connectivity index (χ2v) is 7.07. The molecule has 3 heterocycles. The maximum absolute atomic E-state index is 12.4. The number of aromatic nitrogens is 1. The van der Waals surface area contributed by atoms with Crippen LogP contribution in [-0.2, 0) is 4.74 Å². The van der Waals surface area contributed by atoms with Crippen LogP contribution in [-0.4, -0.2) is 36.5 Å². The van der Waals surface area contributed by atoms with Gasteiger partial charge in [0.25, 0.3) is 0 Å². The van der Waals surface area contributed by atoms with E-state index in [1.807, 2.05) is 6.92 Å². The highest BCUT2D eigenvalue weighted by Crippen LogP contribution is 2.32. The fourth-order valence-corrected chi connectivity index (χ4v) is 3.79. The van der Waals surface area contributed by atoms with Crippen molar-refractivity contribution in [1.29, 1.82) is 0 Å². The first-order valence-electron chi connectivity index (χ1n) is 9.11. The first-order valence-corrected chi connectivity index (χ1v) is 9.11. The Morgan fingerprint density at radius 3 is 2.35 bits per heavy atom. The molecule has 26 heavy (non-hydrogen) atoms. The predicted octanol–water partition coefficient (Wildman–Crippen LogP) is 4.26. The number of nitrogens with zero attached hydrogens (tertiary/aromatic N) is 2. The van der Waals surface area contributed by atoms with E-state index < -0.39 is 0 Å². The average Bonchev–Trinajstić information content (AvgIpc) is 3.05. The highest BCUT2D eigenvalue weighted by molar-refractivity contribution is 6.01. The molecule has 4 heteroatoms. The van der Waals surface area contributed by atoms with Gasteiger partial charge in [0.1, 0.15) is 5.82 Å². The lowest BCUT2D eigenvalue weighted by molar-refractivity contribution is 0.101. The van der Waals surface area contributed by atoms with Crippen LogP contribution in [0.2, 0.25) is 0 Å². The molecule has 1 saturated heterocycles. The predicted molar refractivity (Wildman–Crippen MR) is 105 cm³/mol. The number of carbonyl (C=O) groups is 1. The number of aryl methyl sites for hydroxylation is 2. The van der Waals surface area contributed by atoms with Gasteiger partial charge in [-0.15, -0.1) is 0 Å². The van der Waals surface area contributed by atoms with Gasteiger partial charge in [0.15, 0.2) is 5.78 Å². The lowest BCUT2D eigenvalue weighted by atomic mass is 10.0. The number of morpholine rings is 1. The summed E-state index contributed by atoms with van der Waals surface area (Å²) in [6, 6.07) is 12.9. The van der Waals surface area contributed by atoms with Crippen LogP contribution in [0.25, 0.3) is 16.6 Å². The van der Waals surface area contributed by atoms with Gasteiger partial charge in [-0.3, -0.25) is 4.79 Å². The van der Waals surface area contributed by atoms with E-state index in [9.17, 15) is 4.79 Å². The van der Waals surface area contributed by atoms with Crippen molar-refractivity contribution in [2.24, 2.45) is 0 Å². The Hall–Kier alpha value is -2.59. The van der Waals surface area contributed by atoms with Crippen LogP contribution in [0.15, 0.2) is 42.6 Å². The third kappa shape index (κ3) is 2.90. The number of hydrogen-bond acceptors (Lipinski definition) is 3. The van der Waals surface area contributed by atoms with Crippen molar-refractivity contribution in [3.63, 3.8) is 0 Å². The summed E-state index contributed by atoms with van der Waals surface area (Å²) in [7, 11) is 0. The zero-order chi connectivity index (χ0) is 18.3. The van der Waals surface area contributed by atoms with Crippen LogP contribution in [0.5, 0.6) is 0 Å². The number of hydrogen-bond donors (Lipinski definition) is 0. The Labute approximate surface area is 154 Å². The van der Waals surface area contributed by atoms with Gasteiger partial charge in [0, 0.05) is 30.4 Å².